The van der Waals surface area contributed by atoms with Gasteiger partial charge >= 0.3 is 16.4 Å². The van der Waals surface area contributed by atoms with Crippen LogP contribution in [0.4, 0.5) is 0 Å². The molecule has 4 saturated heterocycles. The highest BCUT2D eigenvalue weighted by molar-refractivity contribution is 7.80. The Hall–Kier alpha value is -1.82. The first-order valence-corrected chi connectivity index (χ1v) is 25.9. The van der Waals surface area contributed by atoms with Crippen LogP contribution in [-0.2, 0) is 62.0 Å². The molecule has 0 bridgehead atoms. The summed E-state index contributed by atoms with van der Waals surface area (Å²) in [7, 11) is -3.49. The van der Waals surface area contributed by atoms with Crippen molar-refractivity contribution in [1.29, 1.82) is 0 Å². The molecule has 9 N–H and O–H groups in total. The van der Waals surface area contributed by atoms with Gasteiger partial charge in [0.05, 0.1) is 44.2 Å². The molecule has 22 nitrogen and oxygen atoms in total. The van der Waals surface area contributed by atoms with Crippen molar-refractivity contribution < 1.29 is 105 Å². The van der Waals surface area contributed by atoms with Crippen molar-refractivity contribution >= 4 is 16.4 Å². The summed E-state index contributed by atoms with van der Waals surface area (Å²) in [5.74, 6) is -1.25. The molecule has 25 atom stereocenters. The normalized spacial score (nSPS) is 50.3. The number of esters is 1. The van der Waals surface area contributed by atoms with Gasteiger partial charge in [-0.05, 0) is 74.5 Å². The van der Waals surface area contributed by atoms with E-state index in [2.05, 4.69) is 33.4 Å². The number of methoxy groups -OCH3 is 1. The Morgan fingerprint density at radius 2 is 1.60 bits per heavy atom. The van der Waals surface area contributed by atoms with E-state index in [0.717, 1.165) is 38.2 Å². The lowest BCUT2D eigenvalue weighted by Gasteiger charge is -2.60. The SMILES string of the molecule is C=C(CCC1(OC)O[C@H]2C[C@H]3[C@@H]4CC=C5C[C@@H](O)C[C@@H](O[C@@H]6OC[C@H](OS(=O)(=O)O)[C@H](OC(C)=O)[C@H]6O[C@@H]6O[C@@H](C)[C@H](O)[C@@H](O)[C@H]6O)[C@]5(C)[C@H]4CC[C@]3(C)[C@H]2[C@@H]1C)CO[C@@H]1O[C@H](CO)[C@@H](O)[C@H](O)[C@H]1O. The van der Waals surface area contributed by atoms with Crippen LogP contribution in [0.5, 0.6) is 0 Å². The maximum atomic E-state index is 12.6. The van der Waals surface area contributed by atoms with E-state index in [1.54, 1.807) is 7.11 Å². The van der Waals surface area contributed by atoms with Gasteiger partial charge in [0.15, 0.2) is 36.9 Å². The Kier molecular flexibility index (Phi) is 16.1. The van der Waals surface area contributed by atoms with Crippen LogP contribution in [0.1, 0.15) is 86.0 Å². The average Bonchev–Trinajstić information content (AvgIpc) is 3.76. The summed E-state index contributed by atoms with van der Waals surface area (Å²) in [6, 6.07) is 0. The molecule has 4 aliphatic heterocycles. The highest BCUT2D eigenvalue weighted by Gasteiger charge is 2.69. The first-order chi connectivity index (χ1) is 32.9. The van der Waals surface area contributed by atoms with Gasteiger partial charge in [-0.25, -0.2) is 4.18 Å². The van der Waals surface area contributed by atoms with Crippen LogP contribution in [-0.4, -0.2) is 197 Å². The zero-order chi connectivity index (χ0) is 51.0. The number of aliphatic hydroxyl groups excluding tert-OH is 8. The summed E-state index contributed by atoms with van der Waals surface area (Å²) in [5, 5.41) is 83.8. The van der Waals surface area contributed by atoms with Gasteiger partial charge in [0.25, 0.3) is 0 Å². The van der Waals surface area contributed by atoms with Crippen LogP contribution in [0.15, 0.2) is 23.8 Å². The number of hydrogen-bond acceptors (Lipinski definition) is 21. The van der Waals surface area contributed by atoms with Crippen LogP contribution < -0.4 is 0 Å². The predicted molar refractivity (Wildman–Crippen MR) is 238 cm³/mol. The van der Waals surface area contributed by atoms with E-state index in [1.165, 1.54) is 6.92 Å². The van der Waals surface area contributed by atoms with E-state index in [4.69, 9.17) is 46.8 Å². The predicted octanol–water partition coefficient (Wildman–Crippen LogP) is -0.249. The Balaban J connectivity index is 0.992. The van der Waals surface area contributed by atoms with Crippen molar-refractivity contribution in [2.45, 2.75) is 196 Å². The first kappa shape index (κ1) is 54.4. The highest BCUT2D eigenvalue weighted by Crippen LogP contribution is 2.70. The van der Waals surface area contributed by atoms with Crippen molar-refractivity contribution in [2.24, 2.45) is 40.4 Å². The standard InChI is InChI=1S/C47H74O22S/c1-20(18-61-42-38(55)37(54)35(52)30(17-48)65-42)10-13-47(60-7)21(2)33-29(68-47)16-28-26-9-8-24-14-25(50)15-32(46(24,6)27(26)11-12-45(28,33)5)66-44-41(67-43-39(56)36(53)34(51)22(3)63-43)40(64-23(4)49)31(19-62-44)69-70(57,58)59/h8,21-22,25-44,48,50-56H,1,9-19H2,2-7H3,(H,57,58,59)/t21-,22-,25+,26+,27-,28-,29-,30+,31-,32+,33-,34-,35+,36+,37-,38+,39+,40-,41+,42+,43-,44-,45-,46-,47?/m0/s1. The molecule has 0 aromatic heterocycles. The van der Waals surface area contributed by atoms with Crippen molar-refractivity contribution in [3.8, 4) is 0 Å². The largest absolute Gasteiger partial charge is 0.457 e. The van der Waals surface area contributed by atoms with Crippen LogP contribution in [0.2, 0.25) is 0 Å². The third-order valence-corrected chi connectivity index (χ3v) is 18.1. The molecular formula is C47H74O22S. The van der Waals surface area contributed by atoms with Crippen molar-refractivity contribution in [3.63, 3.8) is 0 Å². The molecule has 0 aromatic rings. The van der Waals surface area contributed by atoms with Gasteiger partial charge < -0.3 is 83.5 Å². The van der Waals surface area contributed by atoms with Crippen molar-refractivity contribution in [2.75, 3.05) is 26.9 Å². The average molecular weight is 1020 g/mol. The number of carbonyl (C=O) groups excluding carboxylic acids is 1. The third-order valence-electron chi connectivity index (χ3n) is 17.6. The fourth-order valence-electron chi connectivity index (χ4n) is 14.0. The molecule has 0 aromatic carbocycles. The fraction of sp³-hybridized carbons (Fsp3) is 0.894. The van der Waals surface area contributed by atoms with Crippen LogP contribution in [0.3, 0.4) is 0 Å². The molecule has 3 saturated carbocycles. The minimum atomic E-state index is -5.14. The minimum Gasteiger partial charge on any atom is -0.457 e. The van der Waals surface area contributed by atoms with E-state index >= 15 is 0 Å². The summed E-state index contributed by atoms with van der Waals surface area (Å²) < 4.78 is 93.7. The monoisotopic (exact) mass is 1020 g/mol. The second-order valence-corrected chi connectivity index (χ2v) is 22.5. The lowest BCUT2D eigenvalue weighted by Crippen LogP contribution is -2.64. The summed E-state index contributed by atoms with van der Waals surface area (Å²) in [5.41, 5.74) is 0.857. The minimum absolute atomic E-state index is 0.0224. The lowest BCUT2D eigenvalue weighted by molar-refractivity contribution is -0.361. The van der Waals surface area contributed by atoms with E-state index in [1.807, 2.05) is 0 Å². The third kappa shape index (κ3) is 9.94. The molecule has 4 aliphatic carbocycles. The second-order valence-electron chi connectivity index (χ2n) is 21.5. The number of aliphatic hydroxyl groups is 8. The first-order valence-electron chi connectivity index (χ1n) is 24.5. The molecule has 8 rings (SSSR count). The van der Waals surface area contributed by atoms with E-state index in [9.17, 15) is 58.6 Å². The van der Waals surface area contributed by atoms with Gasteiger partial charge in [0.2, 0.25) is 0 Å². The summed E-state index contributed by atoms with van der Waals surface area (Å²) in [4.78, 5) is 12.6. The molecule has 23 heteroatoms. The summed E-state index contributed by atoms with van der Waals surface area (Å²) in [6.45, 7) is 12.2. The fourth-order valence-corrected chi connectivity index (χ4v) is 14.5. The number of rotatable bonds is 15. The highest BCUT2D eigenvalue weighted by atomic mass is 32.3. The quantitative estimate of drug-likeness (QED) is 0.0580. The smallest absolute Gasteiger partial charge is 0.397 e. The Morgan fingerprint density at radius 3 is 2.27 bits per heavy atom. The topological polar surface area (TPSA) is 326 Å². The van der Waals surface area contributed by atoms with Crippen molar-refractivity contribution in [3.05, 3.63) is 23.8 Å². The molecular weight excluding hydrogens is 949 g/mol. The molecule has 0 spiro atoms. The molecule has 4 heterocycles. The molecule has 70 heavy (non-hydrogen) atoms. The second kappa shape index (κ2) is 20.7. The van der Waals surface area contributed by atoms with Gasteiger partial charge in [0.1, 0.15) is 48.8 Å². The van der Waals surface area contributed by atoms with Crippen molar-refractivity contribution in [1.82, 2.24) is 0 Å². The summed E-state index contributed by atoms with van der Waals surface area (Å²) >= 11 is 0. The van der Waals surface area contributed by atoms with Gasteiger partial charge in [-0.3, -0.25) is 9.35 Å². The number of fused-ring (bicyclic) bond motifs is 7. The Bertz CT molecular complexity index is 2020. The molecule has 400 valence electrons. The number of hydrogen-bond donors (Lipinski definition) is 9. The van der Waals surface area contributed by atoms with Gasteiger partial charge in [-0.1, -0.05) is 44.6 Å². The van der Waals surface area contributed by atoms with E-state index in [0.29, 0.717) is 24.8 Å². The molecule has 7 fully saturated rings. The molecule has 0 amide bonds. The van der Waals surface area contributed by atoms with Crippen LogP contribution >= 0.6 is 0 Å². The van der Waals surface area contributed by atoms with Crippen LogP contribution in [0, 0.1) is 40.4 Å². The maximum Gasteiger partial charge on any atom is 0.397 e. The van der Waals surface area contributed by atoms with E-state index in [-0.39, 0.29) is 54.1 Å². The van der Waals surface area contributed by atoms with E-state index < -0.39 is 139 Å². The lowest BCUT2D eigenvalue weighted by atomic mass is 9.46. The molecule has 1 unspecified atom stereocenters. The maximum absolute atomic E-state index is 12.6. The Morgan fingerprint density at radius 1 is 0.900 bits per heavy atom. The zero-order valence-electron chi connectivity index (χ0n) is 40.5. The summed E-state index contributed by atoms with van der Waals surface area (Å²) in [6.07, 6.45) is -15.9. The van der Waals surface area contributed by atoms with Crippen LogP contribution in [0.25, 0.3) is 0 Å². The molecule has 8 aliphatic rings. The Labute approximate surface area is 408 Å². The zero-order valence-corrected chi connectivity index (χ0v) is 41.3. The van der Waals surface area contributed by atoms with Gasteiger partial charge in [-0.2, -0.15) is 8.42 Å². The number of ether oxygens (including phenoxy) is 9. The number of allylic oxidation sites excluding steroid dienone is 1. The number of carbonyl (C=O) groups is 1. The van der Waals surface area contributed by atoms with Gasteiger partial charge in [-0.15, -0.1) is 0 Å². The van der Waals surface area contributed by atoms with Gasteiger partial charge in [0, 0.05) is 38.2 Å². The molecule has 0 radical (unpaired) electrons.